The van der Waals surface area contributed by atoms with Crippen molar-refractivity contribution in [1.29, 1.82) is 5.26 Å². The Kier molecular flexibility index (Phi) is 4.09. The van der Waals surface area contributed by atoms with Gasteiger partial charge in [0.1, 0.15) is 6.10 Å². The lowest BCUT2D eigenvalue weighted by molar-refractivity contribution is -0.151. The number of halogens is 3. The predicted octanol–water partition coefficient (Wildman–Crippen LogP) is 3.12. The highest BCUT2D eigenvalue weighted by atomic mass is 19.4. The van der Waals surface area contributed by atoms with Crippen molar-refractivity contribution in [1.82, 2.24) is 9.97 Å². The van der Waals surface area contributed by atoms with Crippen LogP contribution < -0.4 is 0 Å². The fourth-order valence-electron chi connectivity index (χ4n) is 1.98. The molecule has 0 fully saturated rings. The van der Waals surface area contributed by atoms with E-state index in [1.807, 2.05) is 6.07 Å². The van der Waals surface area contributed by atoms with Crippen LogP contribution >= 0.6 is 0 Å². The van der Waals surface area contributed by atoms with Gasteiger partial charge in [-0.05, 0) is 24.1 Å². The molecule has 0 aliphatic heterocycles. The molecule has 0 radical (unpaired) electrons. The van der Waals surface area contributed by atoms with Gasteiger partial charge >= 0.3 is 6.18 Å². The zero-order valence-electron chi connectivity index (χ0n) is 11.1. The third-order valence-electron chi connectivity index (χ3n) is 3.09. The summed E-state index contributed by atoms with van der Waals surface area (Å²) in [6.07, 6.45) is -5.47. The molecule has 0 bridgehead atoms. The summed E-state index contributed by atoms with van der Waals surface area (Å²) in [5, 5.41) is 19.4. The number of alkyl halides is 3. The number of aliphatic hydroxyl groups is 1. The van der Waals surface area contributed by atoms with E-state index in [0.717, 1.165) is 0 Å². The van der Waals surface area contributed by atoms with Gasteiger partial charge in [0, 0.05) is 18.0 Å². The lowest BCUT2D eigenvalue weighted by atomic mass is 10.00. The molecule has 2 rings (SSSR count). The van der Waals surface area contributed by atoms with E-state index in [1.165, 1.54) is 19.2 Å². The molecule has 0 saturated heterocycles. The van der Waals surface area contributed by atoms with Crippen LogP contribution in [-0.2, 0) is 0 Å². The number of aliphatic hydroxyl groups excluding tert-OH is 1. The summed E-state index contributed by atoms with van der Waals surface area (Å²) in [6.45, 7) is 1.29. The van der Waals surface area contributed by atoms with Gasteiger partial charge in [0.2, 0.25) is 0 Å². The first kappa shape index (κ1) is 15.2. The first-order valence-corrected chi connectivity index (χ1v) is 6.22. The number of hydrogen-bond donors (Lipinski definition) is 1. The highest BCUT2D eigenvalue weighted by Crippen LogP contribution is 2.31. The van der Waals surface area contributed by atoms with Crippen LogP contribution in [-0.4, -0.2) is 21.3 Å². The maximum Gasteiger partial charge on any atom is 0.389 e. The molecule has 110 valence electrons. The topological polar surface area (TPSA) is 69.8 Å². The van der Waals surface area contributed by atoms with E-state index < -0.39 is 24.6 Å². The molecule has 0 saturated carbocycles. The average Bonchev–Trinajstić information content (AvgIpc) is 2.43. The number of nitrogens with zero attached hydrogens (tertiary/aromatic N) is 3. The molecule has 1 aromatic carbocycles. The normalized spacial score (nSPS) is 14.7. The number of nitriles is 1. The van der Waals surface area contributed by atoms with E-state index >= 15 is 0 Å². The van der Waals surface area contributed by atoms with Gasteiger partial charge in [-0.15, -0.1) is 0 Å². The van der Waals surface area contributed by atoms with Crippen LogP contribution in [0.3, 0.4) is 0 Å². The average molecular weight is 295 g/mol. The molecule has 7 heteroatoms. The Labute approximate surface area is 118 Å². The van der Waals surface area contributed by atoms with E-state index in [-0.39, 0.29) is 5.82 Å². The summed E-state index contributed by atoms with van der Waals surface area (Å²) >= 11 is 0. The van der Waals surface area contributed by atoms with Crippen LogP contribution in [0.1, 0.15) is 30.8 Å². The monoisotopic (exact) mass is 295 g/mol. The second kappa shape index (κ2) is 5.66. The van der Waals surface area contributed by atoms with Crippen molar-refractivity contribution in [3.05, 3.63) is 35.8 Å². The number of hydrogen-bond acceptors (Lipinski definition) is 4. The van der Waals surface area contributed by atoms with Crippen LogP contribution in [0.2, 0.25) is 0 Å². The molecule has 1 N–H and O–H groups in total. The van der Waals surface area contributed by atoms with Gasteiger partial charge in [-0.1, -0.05) is 6.92 Å². The van der Waals surface area contributed by atoms with Gasteiger partial charge in [0.15, 0.2) is 5.82 Å². The van der Waals surface area contributed by atoms with Gasteiger partial charge in [0.25, 0.3) is 0 Å². The number of aromatic nitrogens is 2. The molecule has 0 spiro atoms. The minimum Gasteiger partial charge on any atom is -0.385 e. The van der Waals surface area contributed by atoms with Gasteiger partial charge in [-0.2, -0.15) is 18.4 Å². The van der Waals surface area contributed by atoms with Crippen molar-refractivity contribution < 1.29 is 18.3 Å². The standard InChI is InChI=1S/C14H12F3N3O/c1-8(5-14(15,16)17)12(21)13-19-7-10-3-2-9(6-18)4-11(10)20-13/h2-4,7-8,12,21H,5H2,1H3. The third-order valence-corrected chi connectivity index (χ3v) is 3.09. The zero-order chi connectivity index (χ0) is 15.6. The molecule has 0 amide bonds. The Morgan fingerprint density at radius 2 is 2.10 bits per heavy atom. The fraction of sp³-hybridized carbons (Fsp3) is 0.357. The van der Waals surface area contributed by atoms with E-state index in [2.05, 4.69) is 9.97 Å². The molecule has 2 aromatic rings. The van der Waals surface area contributed by atoms with Crippen molar-refractivity contribution in [3.8, 4) is 6.07 Å². The number of benzene rings is 1. The van der Waals surface area contributed by atoms with E-state index in [1.54, 1.807) is 12.1 Å². The highest BCUT2D eigenvalue weighted by molar-refractivity contribution is 5.79. The zero-order valence-corrected chi connectivity index (χ0v) is 11.1. The van der Waals surface area contributed by atoms with Crippen molar-refractivity contribution in [2.75, 3.05) is 0 Å². The first-order chi connectivity index (χ1) is 9.80. The van der Waals surface area contributed by atoms with Crippen molar-refractivity contribution in [2.45, 2.75) is 25.6 Å². The van der Waals surface area contributed by atoms with Gasteiger partial charge in [-0.25, -0.2) is 9.97 Å². The summed E-state index contributed by atoms with van der Waals surface area (Å²) in [5.74, 6) is -1.13. The Morgan fingerprint density at radius 1 is 1.38 bits per heavy atom. The molecule has 0 aliphatic carbocycles. The summed E-state index contributed by atoms with van der Waals surface area (Å²) in [4.78, 5) is 7.96. The van der Waals surface area contributed by atoms with Crippen LogP contribution in [0.5, 0.6) is 0 Å². The minimum atomic E-state index is -4.36. The second-order valence-corrected chi connectivity index (χ2v) is 4.86. The summed E-state index contributed by atoms with van der Waals surface area (Å²) in [5.41, 5.74) is 0.794. The molecular weight excluding hydrogens is 283 g/mol. The van der Waals surface area contributed by atoms with E-state index in [4.69, 9.17) is 5.26 Å². The molecule has 1 aromatic heterocycles. The molecule has 0 aliphatic rings. The molecule has 1 heterocycles. The van der Waals surface area contributed by atoms with Gasteiger partial charge < -0.3 is 5.11 Å². The summed E-state index contributed by atoms with van der Waals surface area (Å²) < 4.78 is 37.0. The molecule has 21 heavy (non-hydrogen) atoms. The molecule has 2 unspecified atom stereocenters. The number of rotatable bonds is 3. The van der Waals surface area contributed by atoms with Gasteiger partial charge in [-0.3, -0.25) is 0 Å². The van der Waals surface area contributed by atoms with Crippen molar-refractivity contribution in [3.63, 3.8) is 0 Å². The molecular formula is C14H12F3N3O. The van der Waals surface area contributed by atoms with E-state index in [0.29, 0.717) is 16.5 Å². The first-order valence-electron chi connectivity index (χ1n) is 6.22. The quantitative estimate of drug-likeness (QED) is 0.944. The Bertz CT molecular complexity index is 694. The predicted molar refractivity (Wildman–Crippen MR) is 69.0 cm³/mol. The van der Waals surface area contributed by atoms with Crippen LogP contribution in [0.15, 0.2) is 24.4 Å². The maximum absolute atomic E-state index is 12.3. The van der Waals surface area contributed by atoms with E-state index in [9.17, 15) is 18.3 Å². The van der Waals surface area contributed by atoms with Gasteiger partial charge in [0.05, 0.1) is 17.1 Å². The van der Waals surface area contributed by atoms with Crippen LogP contribution in [0.25, 0.3) is 10.9 Å². The number of fused-ring (bicyclic) bond motifs is 1. The third kappa shape index (κ3) is 3.67. The summed E-state index contributed by atoms with van der Waals surface area (Å²) in [7, 11) is 0. The largest absolute Gasteiger partial charge is 0.389 e. The van der Waals surface area contributed by atoms with Crippen LogP contribution in [0, 0.1) is 17.2 Å². The second-order valence-electron chi connectivity index (χ2n) is 4.86. The Balaban J connectivity index is 2.31. The minimum absolute atomic E-state index is 0.0747. The van der Waals surface area contributed by atoms with Crippen LogP contribution in [0.4, 0.5) is 13.2 Å². The Hall–Kier alpha value is -2.20. The SMILES string of the molecule is CC(CC(F)(F)F)C(O)c1ncc2ccc(C#N)cc2n1. The lowest BCUT2D eigenvalue weighted by Crippen LogP contribution is -2.20. The molecule has 2 atom stereocenters. The molecule has 4 nitrogen and oxygen atoms in total. The Morgan fingerprint density at radius 3 is 2.71 bits per heavy atom. The van der Waals surface area contributed by atoms with Crippen molar-refractivity contribution in [2.24, 2.45) is 5.92 Å². The van der Waals surface area contributed by atoms with Crippen molar-refractivity contribution >= 4 is 10.9 Å². The smallest absolute Gasteiger partial charge is 0.385 e. The summed E-state index contributed by atoms with van der Waals surface area (Å²) in [6, 6.07) is 6.68. The highest BCUT2D eigenvalue weighted by Gasteiger charge is 2.34. The lowest BCUT2D eigenvalue weighted by Gasteiger charge is -2.19. The maximum atomic E-state index is 12.3. The fourth-order valence-corrected chi connectivity index (χ4v) is 1.98.